The van der Waals surface area contributed by atoms with Gasteiger partial charge in [0.15, 0.2) is 0 Å². The van der Waals surface area contributed by atoms with Crippen LogP contribution in [-0.2, 0) is 0 Å². The molecule has 0 aromatic carbocycles. The zero-order valence-electron chi connectivity index (χ0n) is 11.6. The van der Waals surface area contributed by atoms with E-state index in [1.54, 1.807) is 0 Å². The van der Waals surface area contributed by atoms with Gasteiger partial charge in [-0.25, -0.2) is 0 Å². The van der Waals surface area contributed by atoms with Gasteiger partial charge in [0.05, 0.1) is 6.10 Å². The van der Waals surface area contributed by atoms with Gasteiger partial charge in [-0.05, 0) is 12.8 Å². The topological polar surface area (TPSA) is 20.2 Å². The van der Waals surface area contributed by atoms with E-state index in [4.69, 9.17) is 0 Å². The van der Waals surface area contributed by atoms with E-state index in [0.717, 1.165) is 12.8 Å². The Morgan fingerprint density at radius 1 is 0.412 bits per heavy atom. The number of hydrogen-bond acceptors (Lipinski definition) is 1. The summed E-state index contributed by atoms with van der Waals surface area (Å²) in [5.74, 6) is 0. The van der Waals surface area contributed by atoms with Crippen molar-refractivity contribution in [1.29, 1.82) is 0 Å². The van der Waals surface area contributed by atoms with Crippen molar-refractivity contribution in [1.82, 2.24) is 0 Å². The van der Waals surface area contributed by atoms with Crippen LogP contribution >= 0.6 is 0 Å². The van der Waals surface area contributed by atoms with Crippen LogP contribution in [0.5, 0.6) is 0 Å². The highest BCUT2D eigenvalue weighted by Gasteiger charge is 2.04. The second-order valence-electron chi connectivity index (χ2n) is 5.83. The summed E-state index contributed by atoms with van der Waals surface area (Å²) in [7, 11) is 0. The summed E-state index contributed by atoms with van der Waals surface area (Å²) >= 11 is 0. The number of rotatable bonds is 0. The van der Waals surface area contributed by atoms with Crippen molar-refractivity contribution in [3.63, 3.8) is 0 Å². The van der Waals surface area contributed by atoms with Crippen LogP contribution in [0, 0.1) is 0 Å². The molecule has 0 amide bonds. The molecule has 0 aliphatic heterocycles. The van der Waals surface area contributed by atoms with E-state index >= 15 is 0 Å². The van der Waals surface area contributed by atoms with E-state index < -0.39 is 0 Å². The molecule has 1 aliphatic rings. The molecule has 1 saturated carbocycles. The zero-order valence-corrected chi connectivity index (χ0v) is 11.6. The van der Waals surface area contributed by atoms with Gasteiger partial charge in [-0.15, -0.1) is 0 Å². The summed E-state index contributed by atoms with van der Waals surface area (Å²) in [6.07, 6.45) is 20.0. The maximum Gasteiger partial charge on any atom is 0.0540 e. The van der Waals surface area contributed by atoms with Crippen molar-refractivity contribution >= 4 is 0 Å². The third-order valence-electron chi connectivity index (χ3n) is 4.07. The standard InChI is InChI=1S/C16H32O/c17-16-14-12-10-8-6-4-2-1-3-5-7-9-11-13-15-16/h16-17H,1-15H2. The molecule has 1 rings (SSSR count). The second-order valence-corrected chi connectivity index (χ2v) is 5.83. The lowest BCUT2D eigenvalue weighted by Crippen LogP contribution is -2.05. The Bertz CT molecular complexity index is 140. The lowest BCUT2D eigenvalue weighted by molar-refractivity contribution is 0.147. The molecule has 0 bridgehead atoms. The minimum absolute atomic E-state index is 0.0112. The van der Waals surface area contributed by atoms with Crippen LogP contribution in [0.2, 0.25) is 0 Å². The monoisotopic (exact) mass is 240 g/mol. The average Bonchev–Trinajstić information content (AvgIpc) is 2.32. The highest BCUT2D eigenvalue weighted by Crippen LogP contribution is 2.16. The molecule has 17 heavy (non-hydrogen) atoms. The summed E-state index contributed by atoms with van der Waals surface area (Å²) in [6, 6.07) is 0. The van der Waals surface area contributed by atoms with Crippen molar-refractivity contribution in [3.05, 3.63) is 0 Å². The third kappa shape index (κ3) is 9.64. The molecule has 0 heterocycles. The molecule has 0 radical (unpaired) electrons. The molecule has 102 valence electrons. The quantitative estimate of drug-likeness (QED) is 0.616. The first-order valence-corrected chi connectivity index (χ1v) is 8.07. The van der Waals surface area contributed by atoms with Crippen molar-refractivity contribution in [2.75, 3.05) is 0 Å². The SMILES string of the molecule is OC1CCCCCCCCCCCCCCC1. The number of aliphatic hydroxyl groups is 1. The highest BCUT2D eigenvalue weighted by atomic mass is 16.3. The molecule has 0 saturated heterocycles. The van der Waals surface area contributed by atoms with Gasteiger partial charge in [-0.2, -0.15) is 0 Å². The first-order chi connectivity index (χ1) is 8.39. The lowest BCUT2D eigenvalue weighted by Gasteiger charge is -2.11. The Morgan fingerprint density at radius 2 is 0.647 bits per heavy atom. The van der Waals surface area contributed by atoms with E-state index in [1.807, 2.05) is 0 Å². The molecular formula is C16H32O. The fourth-order valence-corrected chi connectivity index (χ4v) is 2.85. The van der Waals surface area contributed by atoms with E-state index in [2.05, 4.69) is 0 Å². The lowest BCUT2D eigenvalue weighted by atomic mass is 10.00. The Morgan fingerprint density at radius 3 is 0.941 bits per heavy atom. The summed E-state index contributed by atoms with van der Waals surface area (Å²) < 4.78 is 0. The van der Waals surface area contributed by atoms with Crippen LogP contribution in [0.3, 0.4) is 0 Å². The van der Waals surface area contributed by atoms with Crippen LogP contribution in [0.15, 0.2) is 0 Å². The van der Waals surface area contributed by atoms with Gasteiger partial charge in [0.2, 0.25) is 0 Å². The van der Waals surface area contributed by atoms with Gasteiger partial charge >= 0.3 is 0 Å². The van der Waals surface area contributed by atoms with Gasteiger partial charge < -0.3 is 5.11 Å². The van der Waals surface area contributed by atoms with Crippen molar-refractivity contribution in [3.8, 4) is 0 Å². The third-order valence-corrected chi connectivity index (χ3v) is 4.07. The molecule has 0 aromatic heterocycles. The molecule has 1 N–H and O–H groups in total. The summed E-state index contributed by atoms with van der Waals surface area (Å²) in [5, 5.41) is 9.82. The molecule has 1 aliphatic carbocycles. The molecule has 0 spiro atoms. The second kappa shape index (κ2) is 11.1. The van der Waals surface area contributed by atoms with Gasteiger partial charge in [-0.1, -0.05) is 83.5 Å². The van der Waals surface area contributed by atoms with Gasteiger partial charge in [0, 0.05) is 0 Å². The summed E-state index contributed by atoms with van der Waals surface area (Å²) in [5.41, 5.74) is 0. The van der Waals surface area contributed by atoms with Crippen molar-refractivity contribution < 1.29 is 5.11 Å². The Kier molecular flexibility index (Phi) is 9.78. The Labute approximate surface area is 108 Å². The zero-order chi connectivity index (χ0) is 12.2. The Hall–Kier alpha value is -0.0400. The largest absolute Gasteiger partial charge is 0.393 e. The number of hydrogen-bond donors (Lipinski definition) is 1. The number of aliphatic hydroxyl groups excluding tert-OH is 1. The average molecular weight is 240 g/mol. The molecule has 0 atom stereocenters. The van der Waals surface area contributed by atoms with Crippen LogP contribution in [0.25, 0.3) is 0 Å². The molecule has 1 fully saturated rings. The maximum absolute atomic E-state index is 9.82. The molecule has 0 aromatic rings. The first kappa shape index (κ1) is 15.0. The predicted octanol–water partition coefficient (Wildman–Crippen LogP) is 5.21. The maximum atomic E-state index is 9.82. The van der Waals surface area contributed by atoms with Gasteiger partial charge in [-0.3, -0.25) is 0 Å². The van der Waals surface area contributed by atoms with Crippen molar-refractivity contribution in [2.45, 2.75) is 102 Å². The van der Waals surface area contributed by atoms with E-state index in [-0.39, 0.29) is 6.10 Å². The minimum atomic E-state index is -0.0112. The Balaban J connectivity index is 2.09. The van der Waals surface area contributed by atoms with Crippen LogP contribution in [0.1, 0.15) is 96.3 Å². The van der Waals surface area contributed by atoms with Crippen LogP contribution in [-0.4, -0.2) is 11.2 Å². The molecule has 1 heteroatoms. The minimum Gasteiger partial charge on any atom is -0.393 e. The van der Waals surface area contributed by atoms with Crippen LogP contribution in [0.4, 0.5) is 0 Å². The molecule has 1 nitrogen and oxygen atoms in total. The fraction of sp³-hybridized carbons (Fsp3) is 1.00. The van der Waals surface area contributed by atoms with E-state index in [0.29, 0.717) is 0 Å². The van der Waals surface area contributed by atoms with Crippen molar-refractivity contribution in [2.24, 2.45) is 0 Å². The summed E-state index contributed by atoms with van der Waals surface area (Å²) in [4.78, 5) is 0. The summed E-state index contributed by atoms with van der Waals surface area (Å²) in [6.45, 7) is 0. The fourth-order valence-electron chi connectivity index (χ4n) is 2.85. The smallest absolute Gasteiger partial charge is 0.0540 e. The molecule has 0 unspecified atom stereocenters. The van der Waals surface area contributed by atoms with E-state index in [1.165, 1.54) is 83.5 Å². The molecular weight excluding hydrogens is 208 g/mol. The van der Waals surface area contributed by atoms with Gasteiger partial charge in [0.25, 0.3) is 0 Å². The highest BCUT2D eigenvalue weighted by molar-refractivity contribution is 4.58. The predicted molar refractivity (Wildman–Crippen MR) is 75.3 cm³/mol. The normalized spacial score (nSPS) is 24.5. The van der Waals surface area contributed by atoms with Crippen LogP contribution < -0.4 is 0 Å². The first-order valence-electron chi connectivity index (χ1n) is 8.07. The van der Waals surface area contributed by atoms with E-state index in [9.17, 15) is 5.11 Å². The van der Waals surface area contributed by atoms with Gasteiger partial charge in [0.1, 0.15) is 0 Å².